The number of rotatable bonds is 7. The molecule has 0 bridgehead atoms. The van der Waals surface area contributed by atoms with Crippen LogP contribution in [0.4, 0.5) is 5.69 Å². The van der Waals surface area contributed by atoms with Crippen LogP contribution >= 0.6 is 11.6 Å². The Hall–Kier alpha value is -2.42. The van der Waals surface area contributed by atoms with Crippen LogP contribution < -0.4 is 5.32 Å². The minimum Gasteiger partial charge on any atom is -0.455 e. The van der Waals surface area contributed by atoms with Crippen molar-refractivity contribution in [2.75, 3.05) is 25.0 Å². The lowest BCUT2D eigenvalue weighted by atomic mass is 9.96. The maximum absolute atomic E-state index is 13.0. The molecule has 9 heteroatoms. The van der Waals surface area contributed by atoms with Crippen molar-refractivity contribution in [1.82, 2.24) is 4.31 Å². The van der Waals surface area contributed by atoms with E-state index in [1.165, 1.54) is 10.4 Å². The standard InChI is InChI=1S/C24H27ClN2O5S/c1-17-5-10-20(33(30,31)27-13-3-2-4-14-27)15-21(17)26-22(28)16-32-23(29)24(11-12-24)18-6-8-19(25)9-7-18/h5-10,15H,2-4,11-14,16H2,1H3,(H,26,28). The molecule has 176 valence electrons. The second-order valence-electron chi connectivity index (χ2n) is 8.65. The molecule has 1 N–H and O–H groups in total. The molecule has 7 nitrogen and oxygen atoms in total. The van der Waals surface area contributed by atoms with Gasteiger partial charge in [0.05, 0.1) is 10.3 Å². The lowest BCUT2D eigenvalue weighted by Gasteiger charge is -2.26. The van der Waals surface area contributed by atoms with E-state index in [9.17, 15) is 18.0 Å². The first-order valence-corrected chi connectivity index (χ1v) is 12.9. The number of piperidine rings is 1. The summed E-state index contributed by atoms with van der Waals surface area (Å²) in [5, 5.41) is 3.27. The molecule has 4 rings (SSSR count). The SMILES string of the molecule is Cc1ccc(S(=O)(=O)N2CCCCC2)cc1NC(=O)COC(=O)C1(c2ccc(Cl)cc2)CC1. The lowest BCUT2D eigenvalue weighted by molar-refractivity contribution is -0.150. The van der Waals surface area contributed by atoms with Crippen LogP contribution in [0.2, 0.25) is 5.02 Å². The van der Waals surface area contributed by atoms with Crippen LogP contribution in [0.15, 0.2) is 47.4 Å². The summed E-state index contributed by atoms with van der Waals surface area (Å²) in [4.78, 5) is 25.3. The summed E-state index contributed by atoms with van der Waals surface area (Å²) in [5.41, 5.74) is 1.20. The van der Waals surface area contributed by atoms with E-state index < -0.39 is 33.9 Å². The fourth-order valence-electron chi connectivity index (χ4n) is 4.11. The molecule has 0 aromatic heterocycles. The summed E-state index contributed by atoms with van der Waals surface area (Å²) in [7, 11) is -3.62. The van der Waals surface area contributed by atoms with Crippen molar-refractivity contribution < 1.29 is 22.7 Å². The van der Waals surface area contributed by atoms with Crippen molar-refractivity contribution >= 4 is 39.2 Å². The number of nitrogens with zero attached hydrogens (tertiary/aromatic N) is 1. The fraction of sp³-hybridized carbons (Fsp3) is 0.417. The van der Waals surface area contributed by atoms with Crippen molar-refractivity contribution in [3.05, 3.63) is 58.6 Å². The first-order valence-electron chi connectivity index (χ1n) is 11.1. The fourth-order valence-corrected chi connectivity index (χ4v) is 5.78. The Labute approximate surface area is 199 Å². The molecular formula is C24H27ClN2O5S. The van der Waals surface area contributed by atoms with Gasteiger partial charge in [-0.2, -0.15) is 4.31 Å². The number of hydrogen-bond acceptors (Lipinski definition) is 5. The van der Waals surface area contributed by atoms with E-state index in [0.29, 0.717) is 42.2 Å². The molecule has 1 saturated carbocycles. The number of carbonyl (C=O) groups is 2. The Bertz CT molecular complexity index is 1150. The number of nitrogens with one attached hydrogen (secondary N) is 1. The third-order valence-electron chi connectivity index (χ3n) is 6.31. The molecule has 1 saturated heterocycles. The largest absolute Gasteiger partial charge is 0.455 e. The van der Waals surface area contributed by atoms with Crippen LogP contribution in [0.5, 0.6) is 0 Å². The maximum Gasteiger partial charge on any atom is 0.317 e. The summed E-state index contributed by atoms with van der Waals surface area (Å²) in [6, 6.07) is 11.7. The number of sulfonamides is 1. The zero-order chi connectivity index (χ0) is 23.6. The zero-order valence-corrected chi connectivity index (χ0v) is 20.0. The highest BCUT2D eigenvalue weighted by atomic mass is 35.5. The van der Waals surface area contributed by atoms with E-state index in [0.717, 1.165) is 24.8 Å². The average Bonchev–Trinajstić information content (AvgIpc) is 3.62. The first kappa shape index (κ1) is 23.7. The highest BCUT2D eigenvalue weighted by Gasteiger charge is 2.52. The molecular weight excluding hydrogens is 464 g/mol. The predicted octanol–water partition coefficient (Wildman–Crippen LogP) is 4.04. The van der Waals surface area contributed by atoms with Crippen LogP contribution in [-0.2, 0) is 29.8 Å². The van der Waals surface area contributed by atoms with Gasteiger partial charge in [0.2, 0.25) is 10.0 Å². The van der Waals surface area contributed by atoms with E-state index in [1.54, 1.807) is 43.3 Å². The molecule has 2 aliphatic rings. The molecule has 1 amide bonds. The quantitative estimate of drug-likeness (QED) is 0.591. The van der Waals surface area contributed by atoms with Gasteiger partial charge in [0, 0.05) is 23.8 Å². The van der Waals surface area contributed by atoms with Gasteiger partial charge >= 0.3 is 5.97 Å². The van der Waals surface area contributed by atoms with Gasteiger partial charge in [0.25, 0.3) is 5.91 Å². The summed E-state index contributed by atoms with van der Waals surface area (Å²) in [6.45, 7) is 2.34. The van der Waals surface area contributed by atoms with Crippen LogP contribution in [0.3, 0.4) is 0 Å². The van der Waals surface area contributed by atoms with Crippen molar-refractivity contribution in [2.45, 2.75) is 49.3 Å². The lowest BCUT2D eigenvalue weighted by Crippen LogP contribution is -2.35. The smallest absolute Gasteiger partial charge is 0.317 e. The highest BCUT2D eigenvalue weighted by molar-refractivity contribution is 7.89. The number of benzene rings is 2. The molecule has 1 aliphatic heterocycles. The Morgan fingerprint density at radius 2 is 1.73 bits per heavy atom. The van der Waals surface area contributed by atoms with Crippen LogP contribution in [0.1, 0.15) is 43.2 Å². The zero-order valence-electron chi connectivity index (χ0n) is 18.5. The van der Waals surface area contributed by atoms with E-state index in [2.05, 4.69) is 5.32 Å². The molecule has 1 heterocycles. The number of anilines is 1. The monoisotopic (exact) mass is 490 g/mol. The molecule has 0 spiro atoms. The van der Waals surface area contributed by atoms with Crippen molar-refractivity contribution in [3.8, 4) is 0 Å². The van der Waals surface area contributed by atoms with E-state index in [1.807, 2.05) is 0 Å². The number of carbonyl (C=O) groups excluding carboxylic acids is 2. The van der Waals surface area contributed by atoms with Gasteiger partial charge in [-0.05, 0) is 68.0 Å². The summed E-state index contributed by atoms with van der Waals surface area (Å²) >= 11 is 5.93. The highest BCUT2D eigenvalue weighted by Crippen LogP contribution is 2.49. The number of hydrogen-bond donors (Lipinski definition) is 1. The third kappa shape index (κ3) is 5.08. The summed E-state index contributed by atoms with van der Waals surface area (Å²) in [5.74, 6) is -0.969. The normalized spacial score (nSPS) is 17.9. The number of amides is 1. The van der Waals surface area contributed by atoms with Gasteiger partial charge in [0.15, 0.2) is 6.61 Å². The molecule has 0 atom stereocenters. The van der Waals surface area contributed by atoms with Gasteiger partial charge in [-0.25, -0.2) is 8.42 Å². The molecule has 2 aromatic carbocycles. The Balaban J connectivity index is 1.40. The summed E-state index contributed by atoms with van der Waals surface area (Å²) in [6.07, 6.45) is 4.03. The average molecular weight is 491 g/mol. The molecule has 0 unspecified atom stereocenters. The van der Waals surface area contributed by atoms with E-state index >= 15 is 0 Å². The summed E-state index contributed by atoms with van der Waals surface area (Å²) < 4.78 is 32.7. The van der Waals surface area contributed by atoms with Crippen LogP contribution in [-0.4, -0.2) is 44.3 Å². The predicted molar refractivity (Wildman–Crippen MR) is 126 cm³/mol. The topological polar surface area (TPSA) is 92.8 Å². The Kier molecular flexibility index (Phi) is 6.79. The first-order chi connectivity index (χ1) is 15.7. The van der Waals surface area contributed by atoms with E-state index in [-0.39, 0.29) is 4.90 Å². The van der Waals surface area contributed by atoms with Gasteiger partial charge < -0.3 is 10.1 Å². The van der Waals surface area contributed by atoms with Crippen LogP contribution in [0, 0.1) is 6.92 Å². The molecule has 0 radical (unpaired) electrons. The molecule has 33 heavy (non-hydrogen) atoms. The van der Waals surface area contributed by atoms with Crippen molar-refractivity contribution in [2.24, 2.45) is 0 Å². The number of ether oxygens (including phenoxy) is 1. The van der Waals surface area contributed by atoms with Gasteiger partial charge in [-0.1, -0.05) is 36.2 Å². The molecule has 1 aliphatic carbocycles. The Morgan fingerprint density at radius 1 is 1.06 bits per heavy atom. The maximum atomic E-state index is 13.0. The Morgan fingerprint density at radius 3 is 2.36 bits per heavy atom. The number of aryl methyl sites for hydroxylation is 1. The number of esters is 1. The molecule has 2 aromatic rings. The van der Waals surface area contributed by atoms with Crippen molar-refractivity contribution in [1.29, 1.82) is 0 Å². The van der Waals surface area contributed by atoms with E-state index in [4.69, 9.17) is 16.3 Å². The van der Waals surface area contributed by atoms with Gasteiger partial charge in [-0.3, -0.25) is 9.59 Å². The minimum atomic E-state index is -3.62. The van der Waals surface area contributed by atoms with Crippen LogP contribution in [0.25, 0.3) is 0 Å². The van der Waals surface area contributed by atoms with Gasteiger partial charge in [0.1, 0.15) is 0 Å². The third-order valence-corrected chi connectivity index (χ3v) is 8.45. The minimum absolute atomic E-state index is 0.141. The molecule has 2 fully saturated rings. The second-order valence-corrected chi connectivity index (χ2v) is 11.0. The van der Waals surface area contributed by atoms with Gasteiger partial charge in [-0.15, -0.1) is 0 Å². The second kappa shape index (κ2) is 9.44. The van der Waals surface area contributed by atoms with Crippen molar-refractivity contribution in [3.63, 3.8) is 0 Å². The number of halogens is 1.